The predicted octanol–water partition coefficient (Wildman–Crippen LogP) is 3.90. The molecule has 1 saturated carbocycles. The number of urea groups is 1. The molecule has 2 aromatic rings. The minimum atomic E-state index is -0.349. The molecule has 25 heavy (non-hydrogen) atoms. The maximum atomic E-state index is 14.2. The highest BCUT2D eigenvalue weighted by Crippen LogP contribution is 2.35. The Bertz CT molecular complexity index is 744. The van der Waals surface area contributed by atoms with E-state index in [2.05, 4.69) is 15.5 Å². The monoisotopic (exact) mass is 346 g/mol. The van der Waals surface area contributed by atoms with Crippen molar-refractivity contribution in [1.82, 2.24) is 20.4 Å². The van der Waals surface area contributed by atoms with Gasteiger partial charge in [0.2, 0.25) is 5.89 Å². The summed E-state index contributed by atoms with van der Waals surface area (Å²) in [6, 6.07) is 5.81. The van der Waals surface area contributed by atoms with Crippen molar-refractivity contribution >= 4 is 6.03 Å². The van der Waals surface area contributed by atoms with E-state index < -0.39 is 0 Å². The molecule has 0 saturated heterocycles. The Morgan fingerprint density at radius 1 is 1.44 bits per heavy atom. The summed E-state index contributed by atoms with van der Waals surface area (Å²) >= 11 is 0. The smallest absolute Gasteiger partial charge is 0.318 e. The van der Waals surface area contributed by atoms with Gasteiger partial charge in [0.05, 0.1) is 12.1 Å². The van der Waals surface area contributed by atoms with Crippen molar-refractivity contribution in [3.63, 3.8) is 0 Å². The molecule has 1 heterocycles. The lowest BCUT2D eigenvalue weighted by Crippen LogP contribution is -2.44. The van der Waals surface area contributed by atoms with Gasteiger partial charge in [-0.15, -0.1) is 0 Å². The lowest BCUT2D eigenvalue weighted by atomic mass is 10.1. The molecule has 1 aromatic carbocycles. The molecule has 2 amide bonds. The van der Waals surface area contributed by atoms with Gasteiger partial charge in [-0.1, -0.05) is 30.3 Å². The Hall–Kier alpha value is -2.44. The molecule has 7 heteroatoms. The van der Waals surface area contributed by atoms with Crippen LogP contribution in [0.2, 0.25) is 0 Å². The summed E-state index contributed by atoms with van der Waals surface area (Å²) in [6.45, 7) is 5.51. The van der Waals surface area contributed by atoms with Crippen molar-refractivity contribution in [1.29, 1.82) is 0 Å². The fraction of sp³-hybridized carbons (Fsp3) is 0.500. The van der Waals surface area contributed by atoms with Crippen LogP contribution in [0.25, 0.3) is 0 Å². The average Bonchev–Trinajstić information content (AvgIpc) is 3.33. The van der Waals surface area contributed by atoms with Gasteiger partial charge in [0.1, 0.15) is 5.82 Å². The molecule has 1 aliphatic carbocycles. The number of carbonyl (C=O) groups excluding carboxylic acids is 1. The third-order valence-electron chi connectivity index (χ3n) is 4.51. The first-order valence-corrected chi connectivity index (χ1v) is 8.64. The minimum absolute atomic E-state index is 0.138. The van der Waals surface area contributed by atoms with Crippen LogP contribution in [0, 0.1) is 12.7 Å². The van der Waals surface area contributed by atoms with E-state index in [-0.39, 0.29) is 30.0 Å². The molecule has 0 bridgehead atoms. The molecular formula is C18H23FN4O2. The van der Waals surface area contributed by atoms with Crippen LogP contribution in [-0.4, -0.2) is 27.1 Å². The van der Waals surface area contributed by atoms with E-state index in [4.69, 9.17) is 4.52 Å². The zero-order valence-corrected chi connectivity index (χ0v) is 14.7. The number of carbonyl (C=O) groups is 1. The highest BCUT2D eigenvalue weighted by atomic mass is 19.1. The summed E-state index contributed by atoms with van der Waals surface area (Å²) in [4.78, 5) is 18.8. The van der Waals surface area contributed by atoms with Crippen molar-refractivity contribution in [2.24, 2.45) is 0 Å². The van der Waals surface area contributed by atoms with Crippen LogP contribution in [0.1, 0.15) is 62.5 Å². The SMILES string of the molecule is CC[C@@H](NC(=O)N(C1CC1)[C@@H](C)c1ccccc1F)c1noc(C)n1. The molecule has 6 nitrogen and oxygen atoms in total. The second-order valence-electron chi connectivity index (χ2n) is 6.42. The third-order valence-corrected chi connectivity index (χ3v) is 4.51. The average molecular weight is 346 g/mol. The zero-order valence-electron chi connectivity index (χ0n) is 14.7. The van der Waals surface area contributed by atoms with E-state index in [1.54, 1.807) is 30.0 Å². The minimum Gasteiger partial charge on any atom is -0.340 e. The fourth-order valence-corrected chi connectivity index (χ4v) is 3.00. The van der Waals surface area contributed by atoms with Crippen LogP contribution in [-0.2, 0) is 0 Å². The summed E-state index contributed by atoms with van der Waals surface area (Å²) < 4.78 is 19.2. The molecule has 0 unspecified atom stereocenters. The number of benzene rings is 1. The molecule has 1 aliphatic rings. The molecule has 0 radical (unpaired) electrons. The summed E-state index contributed by atoms with van der Waals surface area (Å²) in [5, 5.41) is 6.87. The van der Waals surface area contributed by atoms with Crippen LogP contribution in [0.3, 0.4) is 0 Å². The van der Waals surface area contributed by atoms with Crippen LogP contribution in [0.4, 0.5) is 9.18 Å². The lowest BCUT2D eigenvalue weighted by Gasteiger charge is -2.31. The van der Waals surface area contributed by atoms with Gasteiger partial charge in [-0.3, -0.25) is 0 Å². The maximum absolute atomic E-state index is 14.2. The van der Waals surface area contributed by atoms with Gasteiger partial charge in [0, 0.05) is 18.5 Å². The Morgan fingerprint density at radius 2 is 2.16 bits per heavy atom. The van der Waals surface area contributed by atoms with Gasteiger partial charge in [0.15, 0.2) is 5.82 Å². The number of aromatic nitrogens is 2. The fourth-order valence-electron chi connectivity index (χ4n) is 3.00. The summed E-state index contributed by atoms with van der Waals surface area (Å²) in [6.07, 6.45) is 2.51. The van der Waals surface area contributed by atoms with Crippen LogP contribution in [0.5, 0.6) is 0 Å². The molecular weight excluding hydrogens is 323 g/mol. The predicted molar refractivity (Wildman–Crippen MR) is 90.3 cm³/mol. The second-order valence-corrected chi connectivity index (χ2v) is 6.42. The Balaban J connectivity index is 1.78. The quantitative estimate of drug-likeness (QED) is 0.861. The first-order chi connectivity index (χ1) is 12.0. The topological polar surface area (TPSA) is 71.3 Å². The van der Waals surface area contributed by atoms with Gasteiger partial charge in [-0.25, -0.2) is 9.18 Å². The standard InChI is InChI=1S/C18H23FN4O2/c1-4-16(17-20-12(3)25-22-17)21-18(24)23(13-9-10-13)11(2)14-7-5-6-8-15(14)19/h5-8,11,13,16H,4,9-10H2,1-3H3,(H,21,24)/t11-,16+/m0/s1. The number of nitrogens with zero attached hydrogens (tertiary/aromatic N) is 3. The summed E-state index contributed by atoms with van der Waals surface area (Å²) in [5.41, 5.74) is 0.521. The highest BCUT2D eigenvalue weighted by molar-refractivity contribution is 5.76. The van der Waals surface area contributed by atoms with Gasteiger partial charge in [0.25, 0.3) is 0 Å². The normalized spacial score (nSPS) is 16.3. The largest absolute Gasteiger partial charge is 0.340 e. The zero-order chi connectivity index (χ0) is 18.0. The van der Waals surface area contributed by atoms with E-state index in [0.29, 0.717) is 23.7 Å². The van der Waals surface area contributed by atoms with Crippen LogP contribution >= 0.6 is 0 Å². The third kappa shape index (κ3) is 3.81. The Labute approximate surface area is 146 Å². The molecule has 0 aliphatic heterocycles. The molecule has 134 valence electrons. The van der Waals surface area contributed by atoms with Gasteiger partial charge < -0.3 is 14.7 Å². The van der Waals surface area contributed by atoms with Gasteiger partial charge in [-0.2, -0.15) is 4.98 Å². The second kappa shape index (κ2) is 7.21. The number of hydrogen-bond donors (Lipinski definition) is 1. The first-order valence-electron chi connectivity index (χ1n) is 8.64. The van der Waals surface area contributed by atoms with E-state index >= 15 is 0 Å². The number of hydrogen-bond acceptors (Lipinski definition) is 4. The molecule has 3 rings (SSSR count). The van der Waals surface area contributed by atoms with Crippen LogP contribution < -0.4 is 5.32 Å². The van der Waals surface area contributed by atoms with E-state index in [1.807, 2.05) is 13.8 Å². The molecule has 0 spiro atoms. The number of aryl methyl sites for hydroxylation is 1. The summed E-state index contributed by atoms with van der Waals surface area (Å²) in [7, 11) is 0. The van der Waals surface area contributed by atoms with Crippen LogP contribution in [0.15, 0.2) is 28.8 Å². The van der Waals surface area contributed by atoms with Crippen molar-refractivity contribution < 1.29 is 13.7 Å². The van der Waals surface area contributed by atoms with Crippen molar-refractivity contribution in [3.05, 3.63) is 47.4 Å². The number of amides is 2. The van der Waals surface area contributed by atoms with Crippen molar-refractivity contribution in [2.75, 3.05) is 0 Å². The molecule has 1 aromatic heterocycles. The van der Waals surface area contributed by atoms with Crippen molar-refractivity contribution in [3.8, 4) is 0 Å². The molecule has 2 atom stereocenters. The highest BCUT2D eigenvalue weighted by Gasteiger charge is 2.38. The van der Waals surface area contributed by atoms with Gasteiger partial charge >= 0.3 is 6.03 Å². The van der Waals surface area contributed by atoms with Crippen molar-refractivity contribution in [2.45, 2.75) is 58.2 Å². The number of nitrogens with one attached hydrogen (secondary N) is 1. The number of halogens is 1. The maximum Gasteiger partial charge on any atom is 0.318 e. The Morgan fingerprint density at radius 3 is 2.72 bits per heavy atom. The first kappa shape index (κ1) is 17.4. The molecule has 1 fully saturated rings. The summed E-state index contributed by atoms with van der Waals surface area (Å²) in [5.74, 6) is 0.624. The van der Waals surface area contributed by atoms with E-state index in [9.17, 15) is 9.18 Å². The number of rotatable bonds is 6. The van der Waals surface area contributed by atoms with Gasteiger partial charge in [-0.05, 0) is 32.3 Å². The Kier molecular flexibility index (Phi) is 5.01. The van der Waals surface area contributed by atoms with E-state index in [1.165, 1.54) is 6.07 Å². The molecule has 1 N–H and O–H groups in total. The lowest BCUT2D eigenvalue weighted by molar-refractivity contribution is 0.169. The van der Waals surface area contributed by atoms with E-state index in [0.717, 1.165) is 12.8 Å².